The zero-order valence-corrected chi connectivity index (χ0v) is 18.3. The van der Waals surface area contributed by atoms with E-state index in [1.54, 1.807) is 6.92 Å². The topological polar surface area (TPSA) is 54.5 Å². The number of hydrogen-bond acceptors (Lipinski definition) is 3. The van der Waals surface area contributed by atoms with Gasteiger partial charge in [-0.15, -0.1) is 0 Å². The second kappa shape index (κ2) is 6.72. The van der Waals surface area contributed by atoms with Gasteiger partial charge in [0.1, 0.15) is 9.84 Å². The van der Waals surface area contributed by atoms with Crippen LogP contribution < -0.4 is 0 Å². The number of rotatable bonds is 5. The van der Waals surface area contributed by atoms with Gasteiger partial charge in [-0.2, -0.15) is 0 Å². The molecule has 6 bridgehead atoms. The van der Waals surface area contributed by atoms with Crippen LogP contribution in [-0.4, -0.2) is 43.3 Å². The summed E-state index contributed by atoms with van der Waals surface area (Å²) in [5.41, 5.74) is 0.0770. The molecule has 7 rings (SSSR count). The van der Waals surface area contributed by atoms with Crippen LogP contribution in [-0.2, 0) is 14.6 Å². The molecule has 7 fully saturated rings. The van der Waals surface area contributed by atoms with Crippen LogP contribution in [0.4, 0.5) is 0 Å². The molecule has 0 N–H and O–H groups in total. The summed E-state index contributed by atoms with van der Waals surface area (Å²) in [6.45, 7) is 2.78. The molecule has 7 aliphatic rings. The van der Waals surface area contributed by atoms with Crippen molar-refractivity contribution in [2.75, 3.05) is 18.1 Å². The third-order valence-corrected chi connectivity index (χ3v) is 11.3. The van der Waals surface area contributed by atoms with Crippen LogP contribution in [0.3, 0.4) is 0 Å². The van der Waals surface area contributed by atoms with Gasteiger partial charge in [-0.3, -0.25) is 4.79 Å². The predicted molar refractivity (Wildman–Crippen MR) is 111 cm³/mol. The molecule has 1 amide bonds. The van der Waals surface area contributed by atoms with E-state index in [9.17, 15) is 13.2 Å². The molecular weight excluding hydrogens is 370 g/mol. The molecule has 158 valence electrons. The molecule has 0 aromatic carbocycles. The van der Waals surface area contributed by atoms with Crippen molar-refractivity contribution in [3.63, 3.8) is 0 Å². The SMILES string of the molecule is CCS(=O)(=O)CCC12CCC(C(=O)N3CC4CC5CC(C4)CC3C5)(CC1)CC2. The van der Waals surface area contributed by atoms with Gasteiger partial charge < -0.3 is 4.90 Å². The first kappa shape index (κ1) is 19.4. The number of nitrogens with zero attached hydrogens (tertiary/aromatic N) is 1. The van der Waals surface area contributed by atoms with Crippen molar-refractivity contribution in [2.24, 2.45) is 28.6 Å². The van der Waals surface area contributed by atoms with Crippen LogP contribution in [0, 0.1) is 28.6 Å². The Hall–Kier alpha value is -0.580. The highest BCUT2D eigenvalue weighted by molar-refractivity contribution is 7.91. The Morgan fingerprint density at radius 1 is 0.893 bits per heavy atom. The van der Waals surface area contributed by atoms with Gasteiger partial charge in [0.2, 0.25) is 5.91 Å². The maximum Gasteiger partial charge on any atom is 0.229 e. The molecule has 0 aromatic rings. The van der Waals surface area contributed by atoms with E-state index >= 15 is 0 Å². The first-order chi connectivity index (χ1) is 13.3. The fourth-order valence-corrected chi connectivity index (χ4v) is 8.85. The quantitative estimate of drug-likeness (QED) is 0.687. The van der Waals surface area contributed by atoms with Gasteiger partial charge in [0.15, 0.2) is 0 Å². The molecule has 2 saturated heterocycles. The van der Waals surface area contributed by atoms with Gasteiger partial charge >= 0.3 is 0 Å². The molecule has 2 unspecified atom stereocenters. The Bertz CT molecular complexity index is 706. The number of fused-ring (bicyclic) bond motifs is 4. The lowest BCUT2D eigenvalue weighted by atomic mass is 9.52. The average Bonchev–Trinajstić information content (AvgIpc) is 2.90. The minimum atomic E-state index is -2.89. The fourth-order valence-electron chi connectivity index (χ4n) is 7.81. The second-order valence-electron chi connectivity index (χ2n) is 11.2. The van der Waals surface area contributed by atoms with E-state index in [1.807, 2.05) is 0 Å². The lowest BCUT2D eigenvalue weighted by Gasteiger charge is -2.54. The van der Waals surface area contributed by atoms with Gasteiger partial charge in [-0.1, -0.05) is 6.92 Å². The van der Waals surface area contributed by atoms with Crippen LogP contribution in [0.2, 0.25) is 0 Å². The van der Waals surface area contributed by atoms with Crippen molar-refractivity contribution in [3.8, 4) is 0 Å². The van der Waals surface area contributed by atoms with Gasteiger partial charge in [0.05, 0.1) is 5.75 Å². The molecular formula is C23H37NO3S. The minimum absolute atomic E-state index is 0.118. The summed E-state index contributed by atoms with van der Waals surface area (Å²) in [6, 6.07) is 0.515. The van der Waals surface area contributed by atoms with Crippen LogP contribution >= 0.6 is 0 Å². The average molecular weight is 408 g/mol. The van der Waals surface area contributed by atoms with E-state index in [4.69, 9.17) is 0 Å². The summed E-state index contributed by atoms with van der Waals surface area (Å²) in [6.07, 6.45) is 13.6. The summed E-state index contributed by atoms with van der Waals surface area (Å²) < 4.78 is 24.0. The van der Waals surface area contributed by atoms with E-state index in [0.717, 1.165) is 69.2 Å². The van der Waals surface area contributed by atoms with Gasteiger partial charge in [0.25, 0.3) is 0 Å². The van der Waals surface area contributed by atoms with Crippen LogP contribution in [0.25, 0.3) is 0 Å². The standard InChI is InChI=1S/C23H37NO3S/c1-2-28(26,27)10-9-22-3-6-23(7-4-22,8-5-22)21(25)24-16-19-12-17-11-18(13-19)15-20(24)14-17/h17-20H,2-16H2,1H3. The van der Waals surface area contributed by atoms with E-state index in [2.05, 4.69) is 4.90 Å². The predicted octanol–water partition coefficient (Wildman–Crippen LogP) is 4.19. The highest BCUT2D eigenvalue weighted by Crippen LogP contribution is 2.60. The summed E-state index contributed by atoms with van der Waals surface area (Å²) in [5.74, 6) is 3.59. The molecule has 2 atom stereocenters. The Kier molecular flexibility index (Phi) is 4.65. The van der Waals surface area contributed by atoms with E-state index < -0.39 is 9.84 Å². The monoisotopic (exact) mass is 407 g/mol. The Balaban J connectivity index is 1.28. The van der Waals surface area contributed by atoms with Crippen molar-refractivity contribution in [2.45, 2.75) is 90.0 Å². The number of amides is 1. The van der Waals surface area contributed by atoms with Crippen LogP contribution in [0.1, 0.15) is 84.0 Å². The summed E-state index contributed by atoms with van der Waals surface area (Å²) in [5, 5.41) is 0. The van der Waals surface area contributed by atoms with Crippen LogP contribution in [0.5, 0.6) is 0 Å². The molecule has 0 spiro atoms. The highest BCUT2D eigenvalue weighted by atomic mass is 32.2. The first-order valence-corrected chi connectivity index (χ1v) is 13.7. The van der Waals surface area contributed by atoms with Gasteiger partial charge in [-0.25, -0.2) is 8.42 Å². The van der Waals surface area contributed by atoms with Crippen molar-refractivity contribution >= 4 is 15.7 Å². The zero-order valence-electron chi connectivity index (χ0n) is 17.5. The number of hydrogen-bond donors (Lipinski definition) is 0. The van der Waals surface area contributed by atoms with Crippen LogP contribution in [0.15, 0.2) is 0 Å². The normalized spacial score (nSPS) is 44.7. The summed E-state index contributed by atoms with van der Waals surface area (Å²) >= 11 is 0. The maximum absolute atomic E-state index is 13.8. The molecule has 0 aromatic heterocycles. The summed E-state index contributed by atoms with van der Waals surface area (Å²) in [4.78, 5) is 16.2. The number of carbonyl (C=O) groups is 1. The Labute approximate surface area is 170 Å². The Morgan fingerprint density at radius 2 is 1.46 bits per heavy atom. The van der Waals surface area contributed by atoms with E-state index in [0.29, 0.717) is 17.7 Å². The first-order valence-electron chi connectivity index (χ1n) is 11.8. The molecule has 5 heteroatoms. The Morgan fingerprint density at radius 3 is 2.04 bits per heavy atom. The zero-order chi connectivity index (χ0) is 19.6. The molecule has 2 aliphatic heterocycles. The minimum Gasteiger partial charge on any atom is -0.339 e. The van der Waals surface area contributed by atoms with E-state index in [1.165, 1.54) is 32.1 Å². The van der Waals surface area contributed by atoms with Crippen molar-refractivity contribution in [1.82, 2.24) is 4.90 Å². The molecule has 5 saturated carbocycles. The third-order valence-electron chi connectivity index (χ3n) is 9.61. The summed E-state index contributed by atoms with van der Waals surface area (Å²) in [7, 11) is -2.89. The van der Waals surface area contributed by atoms with Crippen molar-refractivity contribution in [1.29, 1.82) is 0 Å². The number of sulfone groups is 1. The molecule has 0 radical (unpaired) electrons. The largest absolute Gasteiger partial charge is 0.339 e. The van der Waals surface area contributed by atoms with Gasteiger partial charge in [0, 0.05) is 23.8 Å². The third kappa shape index (κ3) is 3.24. The fraction of sp³-hybridized carbons (Fsp3) is 0.957. The van der Waals surface area contributed by atoms with Gasteiger partial charge in [-0.05, 0) is 100 Å². The second-order valence-corrected chi connectivity index (χ2v) is 13.6. The van der Waals surface area contributed by atoms with Crippen molar-refractivity contribution < 1.29 is 13.2 Å². The molecule has 4 nitrogen and oxygen atoms in total. The lowest BCUT2D eigenvalue weighted by molar-refractivity contribution is -0.155. The molecule has 28 heavy (non-hydrogen) atoms. The number of carbonyl (C=O) groups excluding carboxylic acids is 1. The highest BCUT2D eigenvalue weighted by Gasteiger charge is 2.55. The maximum atomic E-state index is 13.8. The smallest absolute Gasteiger partial charge is 0.229 e. The van der Waals surface area contributed by atoms with Crippen molar-refractivity contribution in [3.05, 3.63) is 0 Å². The molecule has 2 heterocycles. The van der Waals surface area contributed by atoms with E-state index in [-0.39, 0.29) is 16.6 Å². The lowest BCUT2D eigenvalue weighted by Crippen LogP contribution is -2.54. The molecule has 5 aliphatic carbocycles.